The van der Waals surface area contributed by atoms with Crippen molar-refractivity contribution in [3.05, 3.63) is 70.9 Å². The summed E-state index contributed by atoms with van der Waals surface area (Å²) in [6, 6.07) is 16.0. The van der Waals surface area contributed by atoms with Crippen LogP contribution in [0.1, 0.15) is 35.3 Å². The lowest BCUT2D eigenvalue weighted by Crippen LogP contribution is -2.12. The number of hydrogen-bond donors (Lipinski definition) is 1. The molecule has 9 heteroatoms. The number of para-hydroxylation sites is 1. The van der Waals surface area contributed by atoms with Gasteiger partial charge >= 0.3 is 0 Å². The highest BCUT2D eigenvalue weighted by Crippen LogP contribution is 2.37. The minimum Gasteiger partial charge on any atom is -0.317 e. The van der Waals surface area contributed by atoms with Crippen LogP contribution in [0.5, 0.6) is 0 Å². The van der Waals surface area contributed by atoms with Crippen LogP contribution in [0.2, 0.25) is 0 Å². The number of aryl methyl sites for hydroxylation is 1. The second-order valence-corrected chi connectivity index (χ2v) is 10.1. The molecule has 3 heterocycles. The Labute approximate surface area is 205 Å². The SMILES string of the molecule is N#Cc1c(NC(=O)CCSc2nnc(-c3cccnc3)n2-c2ccccc2)sc2c1CCCC2. The topological polar surface area (TPSA) is 96.5 Å². The summed E-state index contributed by atoms with van der Waals surface area (Å²) < 4.78 is 1.99. The summed E-state index contributed by atoms with van der Waals surface area (Å²) in [5.41, 5.74) is 3.59. The number of nitriles is 1. The molecule has 1 amide bonds. The normalized spacial score (nSPS) is 12.7. The van der Waals surface area contributed by atoms with Crippen LogP contribution < -0.4 is 5.32 Å². The summed E-state index contributed by atoms with van der Waals surface area (Å²) in [5, 5.41) is 22.8. The van der Waals surface area contributed by atoms with E-state index in [1.54, 1.807) is 23.7 Å². The lowest BCUT2D eigenvalue weighted by molar-refractivity contribution is -0.115. The summed E-state index contributed by atoms with van der Waals surface area (Å²) in [6.07, 6.45) is 7.96. The predicted octanol–water partition coefficient (Wildman–Crippen LogP) is 5.26. The van der Waals surface area contributed by atoms with Crippen molar-refractivity contribution in [2.75, 3.05) is 11.1 Å². The Morgan fingerprint density at radius 2 is 2.00 bits per heavy atom. The van der Waals surface area contributed by atoms with Crippen LogP contribution in [0.3, 0.4) is 0 Å². The molecule has 0 aliphatic heterocycles. The van der Waals surface area contributed by atoms with Crippen molar-refractivity contribution in [1.29, 1.82) is 5.26 Å². The highest BCUT2D eigenvalue weighted by atomic mass is 32.2. The van der Waals surface area contributed by atoms with Gasteiger partial charge in [-0.1, -0.05) is 30.0 Å². The number of benzene rings is 1. The molecule has 0 fully saturated rings. The quantitative estimate of drug-likeness (QED) is 0.358. The number of hydrogen-bond acceptors (Lipinski definition) is 7. The molecule has 0 atom stereocenters. The number of carbonyl (C=O) groups excluding carboxylic acids is 1. The molecule has 0 saturated carbocycles. The van der Waals surface area contributed by atoms with E-state index in [1.807, 2.05) is 47.0 Å². The van der Waals surface area contributed by atoms with Crippen LogP contribution in [0.15, 0.2) is 60.0 Å². The summed E-state index contributed by atoms with van der Waals surface area (Å²) in [4.78, 5) is 18.1. The number of nitrogens with one attached hydrogen (secondary N) is 1. The molecule has 3 aromatic heterocycles. The van der Waals surface area contributed by atoms with Gasteiger partial charge in [-0.2, -0.15) is 5.26 Å². The minimum atomic E-state index is -0.0964. The lowest BCUT2D eigenvalue weighted by atomic mass is 9.96. The fraction of sp³-hybridized carbons (Fsp3) is 0.240. The summed E-state index contributed by atoms with van der Waals surface area (Å²) in [6.45, 7) is 0. The van der Waals surface area contributed by atoms with Gasteiger partial charge in [0.05, 0.1) is 5.56 Å². The van der Waals surface area contributed by atoms with Crippen LogP contribution in [-0.2, 0) is 17.6 Å². The zero-order chi connectivity index (χ0) is 23.3. The van der Waals surface area contributed by atoms with Gasteiger partial charge in [0.15, 0.2) is 11.0 Å². The summed E-state index contributed by atoms with van der Waals surface area (Å²) in [7, 11) is 0. The number of carbonyl (C=O) groups is 1. The van der Waals surface area contributed by atoms with E-state index in [4.69, 9.17) is 0 Å². The molecule has 1 aromatic carbocycles. The number of thiophene rings is 1. The molecule has 0 spiro atoms. The van der Waals surface area contributed by atoms with Crippen molar-refractivity contribution in [2.24, 2.45) is 0 Å². The molecule has 170 valence electrons. The summed E-state index contributed by atoms with van der Waals surface area (Å²) >= 11 is 3.03. The van der Waals surface area contributed by atoms with Gasteiger partial charge in [0.2, 0.25) is 5.91 Å². The van der Waals surface area contributed by atoms with E-state index in [1.165, 1.54) is 16.6 Å². The molecule has 1 aliphatic carbocycles. The second-order valence-electron chi connectivity index (χ2n) is 7.89. The molecule has 0 unspecified atom stereocenters. The average Bonchev–Trinajstić information content (AvgIpc) is 3.46. The van der Waals surface area contributed by atoms with E-state index in [2.05, 4.69) is 26.6 Å². The van der Waals surface area contributed by atoms with Crippen molar-refractivity contribution in [3.8, 4) is 23.1 Å². The Kier molecular flexibility index (Phi) is 6.70. The highest BCUT2D eigenvalue weighted by Gasteiger charge is 2.22. The molecule has 4 aromatic rings. The van der Waals surface area contributed by atoms with Crippen LogP contribution >= 0.6 is 23.1 Å². The van der Waals surface area contributed by atoms with Gasteiger partial charge in [-0.05, 0) is 55.5 Å². The van der Waals surface area contributed by atoms with Crippen molar-refractivity contribution in [1.82, 2.24) is 19.7 Å². The first-order valence-corrected chi connectivity index (χ1v) is 12.9. The van der Waals surface area contributed by atoms with Gasteiger partial charge in [0.25, 0.3) is 0 Å². The molecule has 0 bridgehead atoms. The van der Waals surface area contributed by atoms with Crippen molar-refractivity contribution in [3.63, 3.8) is 0 Å². The average molecular weight is 487 g/mol. The van der Waals surface area contributed by atoms with Gasteiger partial charge in [-0.25, -0.2) is 0 Å². The third kappa shape index (κ3) is 4.60. The van der Waals surface area contributed by atoms with Crippen molar-refractivity contribution < 1.29 is 4.79 Å². The fourth-order valence-corrected chi connectivity index (χ4v) is 6.20. The monoisotopic (exact) mass is 486 g/mol. The van der Waals surface area contributed by atoms with Gasteiger partial charge in [-0.3, -0.25) is 14.3 Å². The number of thioether (sulfide) groups is 1. The maximum atomic E-state index is 12.7. The number of rotatable bonds is 7. The van der Waals surface area contributed by atoms with Crippen molar-refractivity contribution in [2.45, 2.75) is 37.3 Å². The van der Waals surface area contributed by atoms with Gasteiger partial charge < -0.3 is 5.32 Å². The predicted molar refractivity (Wildman–Crippen MR) is 134 cm³/mol. The summed E-state index contributed by atoms with van der Waals surface area (Å²) in [5.74, 6) is 1.14. The van der Waals surface area contributed by atoms with E-state index >= 15 is 0 Å². The molecular weight excluding hydrogens is 464 g/mol. The van der Waals surface area contributed by atoms with E-state index in [0.717, 1.165) is 42.5 Å². The Bertz CT molecular complexity index is 1340. The largest absolute Gasteiger partial charge is 0.317 e. The zero-order valence-corrected chi connectivity index (χ0v) is 20.0. The first-order chi connectivity index (χ1) is 16.7. The van der Waals surface area contributed by atoms with Crippen LogP contribution in [0.25, 0.3) is 17.1 Å². The molecule has 34 heavy (non-hydrogen) atoms. The first-order valence-electron chi connectivity index (χ1n) is 11.1. The highest BCUT2D eigenvalue weighted by molar-refractivity contribution is 7.99. The smallest absolute Gasteiger partial charge is 0.225 e. The third-order valence-electron chi connectivity index (χ3n) is 5.66. The maximum Gasteiger partial charge on any atom is 0.225 e. The maximum absolute atomic E-state index is 12.7. The standard InChI is InChI=1S/C25H22N6OS2/c26-15-20-19-10-4-5-11-21(19)34-24(20)28-22(32)12-14-33-25-30-29-23(17-7-6-13-27-16-17)31(25)18-8-2-1-3-9-18/h1-3,6-9,13,16H,4-5,10-12,14H2,(H,28,32). The van der Waals surface area contributed by atoms with Gasteiger partial charge in [0.1, 0.15) is 11.1 Å². The fourth-order valence-electron chi connectivity index (χ4n) is 4.05. The second kappa shape index (κ2) is 10.2. The van der Waals surface area contributed by atoms with E-state index < -0.39 is 0 Å². The molecule has 5 rings (SSSR count). The molecule has 1 aliphatic rings. The Morgan fingerprint density at radius 3 is 2.79 bits per heavy atom. The first kappa shape index (κ1) is 22.3. The number of pyridine rings is 1. The van der Waals surface area contributed by atoms with E-state index in [9.17, 15) is 10.1 Å². The van der Waals surface area contributed by atoms with E-state index in [-0.39, 0.29) is 5.91 Å². The molecule has 1 N–H and O–H groups in total. The van der Waals surface area contributed by atoms with Crippen LogP contribution in [0.4, 0.5) is 5.00 Å². The van der Waals surface area contributed by atoms with Crippen LogP contribution in [-0.4, -0.2) is 31.4 Å². The zero-order valence-electron chi connectivity index (χ0n) is 18.4. The number of nitrogens with zero attached hydrogens (tertiary/aromatic N) is 5. The number of aromatic nitrogens is 4. The Morgan fingerprint density at radius 1 is 1.15 bits per heavy atom. The van der Waals surface area contributed by atoms with Gasteiger partial charge in [-0.15, -0.1) is 21.5 Å². The van der Waals surface area contributed by atoms with E-state index in [0.29, 0.717) is 33.7 Å². The van der Waals surface area contributed by atoms with Crippen LogP contribution in [0, 0.1) is 11.3 Å². The lowest BCUT2D eigenvalue weighted by Gasteiger charge is -2.10. The van der Waals surface area contributed by atoms with Crippen molar-refractivity contribution >= 4 is 34.0 Å². The van der Waals surface area contributed by atoms with Gasteiger partial charge in [0, 0.05) is 40.7 Å². The number of amides is 1. The molecule has 7 nitrogen and oxygen atoms in total. The molecule has 0 radical (unpaired) electrons. The number of fused-ring (bicyclic) bond motifs is 1. The Balaban J connectivity index is 1.30. The Hall–Kier alpha value is -3.48. The molecular formula is C25H22N6OS2. The molecule has 0 saturated heterocycles. The third-order valence-corrected chi connectivity index (χ3v) is 7.80. The minimum absolute atomic E-state index is 0.0964. The number of anilines is 1.